The molecular weight excluding hydrogens is 472 g/mol. The summed E-state index contributed by atoms with van der Waals surface area (Å²) in [5.74, 6) is 0. The molecule has 0 saturated carbocycles. The average molecular weight is 495 g/mol. The third kappa shape index (κ3) is 2.93. The van der Waals surface area contributed by atoms with Gasteiger partial charge in [-0.1, -0.05) is 103 Å². The lowest BCUT2D eigenvalue weighted by molar-refractivity contribution is 0.794. The highest BCUT2D eigenvalue weighted by molar-refractivity contribution is 5.96. The standard InChI is InChI=1S/C37H22N2/c1-38-27-19-20-39-36(23-27)26-10-8-9-24(21-26)25-17-18-31-30-13-4-7-16-34(30)37(35(31)22-25)32-14-5-2-11-28(32)29-12-3-6-15-33(29)37/h2-23H. The van der Waals surface area contributed by atoms with Crippen LogP contribution in [0.1, 0.15) is 22.3 Å². The molecule has 0 aliphatic heterocycles. The molecule has 0 saturated heterocycles. The predicted molar refractivity (Wildman–Crippen MR) is 158 cm³/mol. The van der Waals surface area contributed by atoms with Crippen molar-refractivity contribution in [2.24, 2.45) is 0 Å². The molecule has 0 bridgehead atoms. The van der Waals surface area contributed by atoms with Crippen molar-refractivity contribution in [3.8, 4) is 44.6 Å². The van der Waals surface area contributed by atoms with Crippen molar-refractivity contribution in [1.82, 2.24) is 4.98 Å². The summed E-state index contributed by atoms with van der Waals surface area (Å²) in [6.07, 6.45) is 1.71. The largest absolute Gasteiger partial charge is 0.259 e. The Labute approximate surface area is 227 Å². The molecule has 0 unspecified atom stereocenters. The van der Waals surface area contributed by atoms with Gasteiger partial charge in [-0.05, 0) is 85.5 Å². The molecule has 1 heterocycles. The minimum atomic E-state index is -0.349. The van der Waals surface area contributed by atoms with Crippen LogP contribution in [-0.4, -0.2) is 4.98 Å². The quantitative estimate of drug-likeness (QED) is 0.219. The number of fused-ring (bicyclic) bond motifs is 10. The summed E-state index contributed by atoms with van der Waals surface area (Å²) in [5, 5.41) is 0. The molecule has 2 aliphatic carbocycles. The second-order valence-corrected chi connectivity index (χ2v) is 10.2. The zero-order valence-corrected chi connectivity index (χ0v) is 21.1. The summed E-state index contributed by atoms with van der Waals surface area (Å²) < 4.78 is 0. The summed E-state index contributed by atoms with van der Waals surface area (Å²) in [7, 11) is 0. The van der Waals surface area contributed by atoms with Gasteiger partial charge >= 0.3 is 0 Å². The molecule has 0 radical (unpaired) electrons. The van der Waals surface area contributed by atoms with Gasteiger partial charge in [-0.2, -0.15) is 0 Å². The van der Waals surface area contributed by atoms with E-state index in [1.807, 2.05) is 6.07 Å². The number of rotatable bonds is 2. The number of nitrogens with zero attached hydrogens (tertiary/aromatic N) is 2. The van der Waals surface area contributed by atoms with Crippen LogP contribution in [0.5, 0.6) is 0 Å². The molecule has 5 aromatic carbocycles. The molecule has 0 fully saturated rings. The van der Waals surface area contributed by atoms with Crippen molar-refractivity contribution >= 4 is 5.69 Å². The lowest BCUT2D eigenvalue weighted by Crippen LogP contribution is -2.25. The fraction of sp³-hybridized carbons (Fsp3) is 0.0270. The van der Waals surface area contributed by atoms with Gasteiger partial charge in [0.1, 0.15) is 0 Å². The molecule has 2 nitrogen and oxygen atoms in total. The molecule has 0 amide bonds. The Hall–Kier alpha value is -5.26. The van der Waals surface area contributed by atoms with Crippen LogP contribution in [0.4, 0.5) is 5.69 Å². The average Bonchev–Trinajstić information content (AvgIpc) is 3.48. The molecule has 6 aromatic rings. The fourth-order valence-electron chi connectivity index (χ4n) is 6.78. The molecule has 1 spiro atoms. The van der Waals surface area contributed by atoms with Crippen molar-refractivity contribution in [2.75, 3.05) is 0 Å². The van der Waals surface area contributed by atoms with Gasteiger partial charge < -0.3 is 0 Å². The maximum atomic E-state index is 7.39. The Morgan fingerprint density at radius 3 is 1.69 bits per heavy atom. The molecule has 39 heavy (non-hydrogen) atoms. The Bertz CT molecular complexity index is 1930. The first-order valence-electron chi connectivity index (χ1n) is 13.2. The molecule has 2 aliphatic rings. The lowest BCUT2D eigenvalue weighted by atomic mass is 9.70. The monoisotopic (exact) mass is 494 g/mol. The molecule has 2 heteroatoms. The van der Waals surface area contributed by atoms with Crippen molar-refractivity contribution in [2.45, 2.75) is 5.41 Å². The minimum Gasteiger partial charge on any atom is -0.259 e. The van der Waals surface area contributed by atoms with Gasteiger partial charge in [0.25, 0.3) is 0 Å². The van der Waals surface area contributed by atoms with E-state index in [1.54, 1.807) is 12.3 Å². The number of hydrogen-bond donors (Lipinski definition) is 0. The number of aromatic nitrogens is 1. The summed E-state index contributed by atoms with van der Waals surface area (Å²) >= 11 is 0. The van der Waals surface area contributed by atoms with Gasteiger partial charge in [0.2, 0.25) is 0 Å². The normalized spacial score (nSPS) is 13.3. The van der Waals surface area contributed by atoms with E-state index in [0.717, 1.165) is 16.8 Å². The Morgan fingerprint density at radius 2 is 1.05 bits per heavy atom. The second-order valence-electron chi connectivity index (χ2n) is 10.2. The Morgan fingerprint density at radius 1 is 0.487 bits per heavy atom. The second kappa shape index (κ2) is 8.12. The van der Waals surface area contributed by atoms with E-state index >= 15 is 0 Å². The van der Waals surface area contributed by atoms with Crippen LogP contribution in [0.15, 0.2) is 134 Å². The van der Waals surface area contributed by atoms with E-state index in [2.05, 4.69) is 125 Å². The maximum absolute atomic E-state index is 7.39. The van der Waals surface area contributed by atoms with Crippen LogP contribution < -0.4 is 0 Å². The topological polar surface area (TPSA) is 17.2 Å². The predicted octanol–water partition coefficient (Wildman–Crippen LogP) is 9.31. The summed E-state index contributed by atoms with van der Waals surface area (Å²) in [5.41, 5.74) is 15.0. The highest BCUT2D eigenvalue weighted by Gasteiger charge is 2.51. The number of hydrogen-bond acceptors (Lipinski definition) is 1. The molecule has 1 aromatic heterocycles. The highest BCUT2D eigenvalue weighted by Crippen LogP contribution is 2.62. The van der Waals surface area contributed by atoms with Gasteiger partial charge in [0.05, 0.1) is 17.7 Å². The van der Waals surface area contributed by atoms with Crippen LogP contribution >= 0.6 is 0 Å². The van der Waals surface area contributed by atoms with E-state index in [0.29, 0.717) is 5.69 Å². The summed E-state index contributed by atoms with van der Waals surface area (Å²) in [4.78, 5) is 8.13. The van der Waals surface area contributed by atoms with Gasteiger partial charge in [0.15, 0.2) is 5.69 Å². The highest BCUT2D eigenvalue weighted by atomic mass is 14.7. The summed E-state index contributed by atoms with van der Waals surface area (Å²) in [6.45, 7) is 7.39. The minimum absolute atomic E-state index is 0.349. The molecular formula is C37H22N2. The van der Waals surface area contributed by atoms with Crippen molar-refractivity contribution in [3.63, 3.8) is 0 Å². The molecule has 180 valence electrons. The Kier molecular flexibility index (Phi) is 4.54. The van der Waals surface area contributed by atoms with E-state index < -0.39 is 0 Å². The smallest absolute Gasteiger partial charge is 0.190 e. The van der Waals surface area contributed by atoms with Gasteiger partial charge in [-0.25, -0.2) is 4.85 Å². The fourth-order valence-corrected chi connectivity index (χ4v) is 6.78. The van der Waals surface area contributed by atoms with Crippen LogP contribution in [0, 0.1) is 6.57 Å². The van der Waals surface area contributed by atoms with E-state index in [9.17, 15) is 0 Å². The number of pyridine rings is 1. The zero-order valence-electron chi connectivity index (χ0n) is 21.1. The summed E-state index contributed by atoms with van der Waals surface area (Å²) in [6, 6.07) is 45.7. The third-order valence-electron chi connectivity index (χ3n) is 8.36. The zero-order chi connectivity index (χ0) is 26.0. The van der Waals surface area contributed by atoms with E-state index in [1.165, 1.54) is 50.1 Å². The first kappa shape index (κ1) is 21.8. The van der Waals surface area contributed by atoms with E-state index in [-0.39, 0.29) is 5.41 Å². The molecule has 0 N–H and O–H groups in total. The number of benzene rings is 5. The van der Waals surface area contributed by atoms with Crippen molar-refractivity contribution in [1.29, 1.82) is 0 Å². The molecule has 8 rings (SSSR count). The van der Waals surface area contributed by atoms with Gasteiger partial charge in [-0.15, -0.1) is 0 Å². The lowest BCUT2D eigenvalue weighted by Gasteiger charge is -2.30. The van der Waals surface area contributed by atoms with E-state index in [4.69, 9.17) is 6.57 Å². The SMILES string of the molecule is [C-]#[N+]c1ccnc(-c2cccc(-c3ccc4c(c3)C3(c5ccccc5-c5ccccc53)c3ccccc3-4)c2)c1. The maximum Gasteiger partial charge on any atom is 0.190 e. The van der Waals surface area contributed by atoms with Crippen LogP contribution in [0.2, 0.25) is 0 Å². The molecule has 0 atom stereocenters. The van der Waals surface area contributed by atoms with Gasteiger partial charge in [-0.3, -0.25) is 4.98 Å². The van der Waals surface area contributed by atoms with Crippen molar-refractivity contribution in [3.05, 3.63) is 167 Å². The first-order valence-corrected chi connectivity index (χ1v) is 13.2. The van der Waals surface area contributed by atoms with Crippen molar-refractivity contribution < 1.29 is 0 Å². The Balaban J connectivity index is 1.38. The van der Waals surface area contributed by atoms with Crippen LogP contribution in [0.3, 0.4) is 0 Å². The third-order valence-corrected chi connectivity index (χ3v) is 8.36. The van der Waals surface area contributed by atoms with Crippen LogP contribution in [0.25, 0.3) is 49.5 Å². The van der Waals surface area contributed by atoms with Gasteiger partial charge in [0, 0.05) is 6.20 Å². The first-order chi connectivity index (χ1) is 19.3. The van der Waals surface area contributed by atoms with Crippen LogP contribution in [-0.2, 0) is 5.41 Å².